The van der Waals surface area contributed by atoms with Crippen LogP contribution in [0.25, 0.3) is 0 Å². The molecule has 3 rings (SSSR count). The van der Waals surface area contributed by atoms with E-state index in [1.807, 2.05) is 0 Å². The Morgan fingerprint density at radius 2 is 1.81 bits per heavy atom. The molecule has 0 bridgehead atoms. The molecule has 1 unspecified atom stereocenters. The molecule has 37 heavy (non-hydrogen) atoms. The Balaban J connectivity index is 2.06. The van der Waals surface area contributed by atoms with E-state index in [1.165, 1.54) is 25.1 Å². The van der Waals surface area contributed by atoms with Gasteiger partial charge in [-0.2, -0.15) is 13.1 Å². The number of carbonyl (C=O) groups excluding carboxylic acids is 2. The second-order valence-corrected chi connectivity index (χ2v) is 11.2. The summed E-state index contributed by atoms with van der Waals surface area (Å²) in [5.41, 5.74) is 0.402. The first kappa shape index (κ1) is 29.3. The second kappa shape index (κ2) is 13.5. The number of alkyl halides is 1. The van der Waals surface area contributed by atoms with Gasteiger partial charge in [-0.3, -0.25) is 14.5 Å². The van der Waals surface area contributed by atoms with Gasteiger partial charge in [0.1, 0.15) is 11.9 Å². The van der Waals surface area contributed by atoms with Crippen LogP contribution in [0.3, 0.4) is 0 Å². The largest absolute Gasteiger partial charge is 0.351 e. The summed E-state index contributed by atoms with van der Waals surface area (Å²) in [6, 6.07) is 9.11. The van der Waals surface area contributed by atoms with E-state index in [1.54, 1.807) is 24.3 Å². The van der Waals surface area contributed by atoms with E-state index in [-0.39, 0.29) is 29.2 Å². The van der Waals surface area contributed by atoms with Crippen LogP contribution >= 0.6 is 23.2 Å². The van der Waals surface area contributed by atoms with E-state index in [0.29, 0.717) is 5.56 Å². The summed E-state index contributed by atoms with van der Waals surface area (Å²) >= 11 is 12.1. The molecule has 202 valence electrons. The Hall–Kier alpha value is -2.24. The first-order valence-corrected chi connectivity index (χ1v) is 14.5. The van der Waals surface area contributed by atoms with Crippen LogP contribution in [-0.2, 0) is 19.8 Å². The topological polar surface area (TPSA) is 108 Å². The number of amides is 2. The van der Waals surface area contributed by atoms with Gasteiger partial charge >= 0.3 is 0 Å². The predicted molar refractivity (Wildman–Crippen MR) is 143 cm³/mol. The molecule has 0 spiro atoms. The van der Waals surface area contributed by atoms with Crippen molar-refractivity contribution in [2.24, 2.45) is 0 Å². The fourth-order valence-corrected chi connectivity index (χ4v) is 5.82. The minimum atomic E-state index is -4.09. The monoisotopic (exact) mass is 572 g/mol. The van der Waals surface area contributed by atoms with Crippen molar-refractivity contribution in [3.05, 3.63) is 64.9 Å². The molecule has 0 aliphatic heterocycles. The van der Waals surface area contributed by atoms with Gasteiger partial charge < -0.3 is 5.32 Å². The second-order valence-electron chi connectivity index (χ2n) is 8.88. The van der Waals surface area contributed by atoms with Crippen LogP contribution in [0, 0.1) is 5.82 Å². The Labute approximate surface area is 227 Å². The molecule has 1 aliphatic rings. The highest BCUT2D eigenvalue weighted by Gasteiger charge is 2.38. The van der Waals surface area contributed by atoms with Crippen molar-refractivity contribution < 1.29 is 22.4 Å². The first-order chi connectivity index (χ1) is 17.6. The highest BCUT2D eigenvalue weighted by Crippen LogP contribution is 2.33. The molecule has 0 aromatic heterocycles. The third kappa shape index (κ3) is 8.12. The average Bonchev–Trinajstić information content (AvgIpc) is 2.86. The van der Waals surface area contributed by atoms with Crippen LogP contribution in [0.15, 0.2) is 48.5 Å². The lowest BCUT2D eigenvalue weighted by atomic mass is 9.94. The third-order valence-corrected chi connectivity index (χ3v) is 7.85. The number of hydrogen-bond donors (Lipinski definition) is 3. The molecule has 2 atom stereocenters. The van der Waals surface area contributed by atoms with Crippen LogP contribution in [0.5, 0.6) is 0 Å². The van der Waals surface area contributed by atoms with Crippen molar-refractivity contribution in [3.63, 3.8) is 0 Å². The van der Waals surface area contributed by atoms with Gasteiger partial charge in [-0.25, -0.2) is 9.11 Å². The fourth-order valence-electron chi connectivity index (χ4n) is 4.36. The van der Waals surface area contributed by atoms with Gasteiger partial charge in [-0.05, 0) is 44.0 Å². The summed E-state index contributed by atoms with van der Waals surface area (Å²) in [4.78, 5) is 28.7. The minimum Gasteiger partial charge on any atom is -0.351 e. The number of anilines is 1. The van der Waals surface area contributed by atoms with Crippen molar-refractivity contribution in [1.82, 2.24) is 14.8 Å². The van der Waals surface area contributed by atoms with Gasteiger partial charge in [0.25, 0.3) is 10.2 Å². The van der Waals surface area contributed by atoms with Crippen LogP contribution in [-0.4, -0.2) is 44.7 Å². The zero-order valence-corrected chi connectivity index (χ0v) is 22.8. The maximum Gasteiger partial charge on any atom is 0.277 e. The normalized spacial score (nSPS) is 16.1. The Bertz CT molecular complexity index is 1190. The van der Waals surface area contributed by atoms with Gasteiger partial charge in [-0.15, -0.1) is 11.6 Å². The maximum atomic E-state index is 14.3. The van der Waals surface area contributed by atoms with Gasteiger partial charge in [0.15, 0.2) is 0 Å². The highest BCUT2D eigenvalue weighted by molar-refractivity contribution is 7.87. The van der Waals surface area contributed by atoms with Crippen LogP contribution < -0.4 is 19.7 Å². The van der Waals surface area contributed by atoms with E-state index < -0.39 is 39.9 Å². The van der Waals surface area contributed by atoms with E-state index in [9.17, 15) is 22.4 Å². The van der Waals surface area contributed by atoms with E-state index in [4.69, 9.17) is 23.2 Å². The lowest BCUT2D eigenvalue weighted by Gasteiger charge is -2.35. The highest BCUT2D eigenvalue weighted by atomic mass is 35.5. The molecule has 3 N–H and O–H groups in total. The minimum absolute atomic E-state index is 0.0363. The standard InChI is InChI=1S/C25H31Cl2FN4O4S/c1-17(31-37(35,36)29-15-14-26)25(34)32(20-11-7-8-18(28)16-20)23(21-12-5-6-13-22(21)27)24(33)30-19-9-3-2-4-10-19/h5-8,11-13,16-17,19,23,29,31H,2-4,9-10,14-15H2,1H3,(H,30,33)/t17-,23?/m0/s1. The maximum absolute atomic E-state index is 14.3. The summed E-state index contributed by atoms with van der Waals surface area (Å²) in [5, 5.41) is 3.26. The molecular weight excluding hydrogens is 542 g/mol. The quantitative estimate of drug-likeness (QED) is 0.353. The van der Waals surface area contributed by atoms with Crippen molar-refractivity contribution in [1.29, 1.82) is 0 Å². The van der Waals surface area contributed by atoms with Crippen molar-refractivity contribution in [2.75, 3.05) is 17.3 Å². The van der Waals surface area contributed by atoms with Gasteiger partial charge in [0.05, 0.1) is 6.04 Å². The zero-order chi connectivity index (χ0) is 27.0. The number of halogens is 3. The van der Waals surface area contributed by atoms with Crippen LogP contribution in [0.4, 0.5) is 10.1 Å². The molecule has 1 saturated carbocycles. The predicted octanol–water partition coefficient (Wildman–Crippen LogP) is 4.05. The summed E-state index contributed by atoms with van der Waals surface area (Å²) in [6.45, 7) is 1.30. The van der Waals surface area contributed by atoms with E-state index >= 15 is 0 Å². The molecule has 8 nitrogen and oxygen atoms in total. The SMILES string of the molecule is C[C@H](NS(=O)(=O)NCCCl)C(=O)N(c1cccc(F)c1)C(C(=O)NC1CCCCC1)c1ccccc1Cl. The molecule has 0 saturated heterocycles. The van der Waals surface area contributed by atoms with E-state index in [0.717, 1.165) is 43.1 Å². The lowest BCUT2D eigenvalue weighted by molar-refractivity contribution is -0.127. The number of rotatable bonds is 11. The van der Waals surface area contributed by atoms with Crippen LogP contribution in [0.1, 0.15) is 50.6 Å². The number of nitrogens with zero attached hydrogens (tertiary/aromatic N) is 1. The molecular formula is C25H31Cl2FN4O4S. The smallest absolute Gasteiger partial charge is 0.277 e. The number of carbonyl (C=O) groups is 2. The summed E-state index contributed by atoms with van der Waals surface area (Å²) in [7, 11) is -4.09. The molecule has 12 heteroatoms. The van der Waals surface area contributed by atoms with Crippen molar-refractivity contribution in [3.8, 4) is 0 Å². The summed E-state index contributed by atoms with van der Waals surface area (Å²) in [6.07, 6.45) is 4.64. The first-order valence-electron chi connectivity index (χ1n) is 12.1. The number of benzene rings is 2. The lowest BCUT2D eigenvalue weighted by Crippen LogP contribution is -2.54. The van der Waals surface area contributed by atoms with Gasteiger partial charge in [0.2, 0.25) is 11.8 Å². The zero-order valence-electron chi connectivity index (χ0n) is 20.4. The Kier molecular flexibility index (Phi) is 10.7. The Morgan fingerprint density at radius 3 is 2.46 bits per heavy atom. The average molecular weight is 574 g/mol. The molecule has 2 amide bonds. The van der Waals surface area contributed by atoms with Gasteiger partial charge in [-0.1, -0.05) is 55.1 Å². The van der Waals surface area contributed by atoms with Crippen molar-refractivity contribution in [2.45, 2.75) is 57.2 Å². The summed E-state index contributed by atoms with van der Waals surface area (Å²) in [5.74, 6) is -1.86. The molecule has 0 radical (unpaired) electrons. The van der Waals surface area contributed by atoms with Gasteiger partial charge in [0, 0.05) is 34.7 Å². The summed E-state index contributed by atoms with van der Waals surface area (Å²) < 4.78 is 43.6. The molecule has 0 heterocycles. The van der Waals surface area contributed by atoms with E-state index in [2.05, 4.69) is 14.8 Å². The third-order valence-electron chi connectivity index (χ3n) is 6.07. The number of hydrogen-bond acceptors (Lipinski definition) is 4. The number of nitrogens with one attached hydrogen (secondary N) is 3. The fraction of sp³-hybridized carbons (Fsp3) is 0.440. The molecule has 1 fully saturated rings. The Morgan fingerprint density at radius 1 is 1.11 bits per heavy atom. The van der Waals surface area contributed by atoms with Crippen LogP contribution in [0.2, 0.25) is 5.02 Å². The molecule has 2 aromatic carbocycles. The molecule has 2 aromatic rings. The molecule has 1 aliphatic carbocycles. The van der Waals surface area contributed by atoms with Crippen molar-refractivity contribution >= 4 is 50.9 Å².